The summed E-state index contributed by atoms with van der Waals surface area (Å²) in [6.45, 7) is 7.19. The summed E-state index contributed by atoms with van der Waals surface area (Å²) in [5.74, 6) is 4.80. The summed E-state index contributed by atoms with van der Waals surface area (Å²) >= 11 is 5.79. The van der Waals surface area contributed by atoms with Gasteiger partial charge in [-0.2, -0.15) is 0 Å². The van der Waals surface area contributed by atoms with Gasteiger partial charge in [-0.05, 0) is 39.8 Å². The Morgan fingerprint density at radius 2 is 1.95 bits per heavy atom. The molecule has 1 aromatic heterocycles. The number of carbonyl (C=O) groups excluding carboxylic acids is 2. The van der Waals surface area contributed by atoms with Gasteiger partial charge in [-0.1, -0.05) is 11.6 Å². The minimum absolute atomic E-state index is 0.127. The summed E-state index contributed by atoms with van der Waals surface area (Å²) < 4.78 is 0. The van der Waals surface area contributed by atoms with Gasteiger partial charge in [-0.3, -0.25) is 9.59 Å². The van der Waals surface area contributed by atoms with Gasteiger partial charge in [0.25, 0.3) is 5.91 Å². The number of rotatable bonds is 4. The van der Waals surface area contributed by atoms with Gasteiger partial charge in [-0.25, -0.2) is 10.8 Å². The number of anilines is 1. The van der Waals surface area contributed by atoms with Gasteiger partial charge in [0.2, 0.25) is 5.91 Å². The van der Waals surface area contributed by atoms with E-state index in [0.29, 0.717) is 0 Å². The Bertz CT molecular complexity index is 542. The van der Waals surface area contributed by atoms with Crippen LogP contribution in [0, 0.1) is 0 Å². The first kappa shape index (κ1) is 17.2. The molecule has 7 nitrogen and oxygen atoms in total. The van der Waals surface area contributed by atoms with Crippen LogP contribution in [-0.2, 0) is 4.79 Å². The van der Waals surface area contributed by atoms with Gasteiger partial charge < -0.3 is 16.1 Å². The minimum Gasteiger partial charge on any atom is -0.350 e. The first-order valence-corrected chi connectivity index (χ1v) is 6.77. The van der Waals surface area contributed by atoms with E-state index in [4.69, 9.17) is 17.4 Å². The zero-order valence-corrected chi connectivity index (χ0v) is 13.2. The topological polar surface area (TPSA) is 109 Å². The van der Waals surface area contributed by atoms with E-state index >= 15 is 0 Å². The molecule has 0 spiro atoms. The van der Waals surface area contributed by atoms with Gasteiger partial charge in [-0.15, -0.1) is 0 Å². The maximum atomic E-state index is 12.1. The Hall–Kier alpha value is -1.86. The van der Waals surface area contributed by atoms with Gasteiger partial charge in [0.1, 0.15) is 17.0 Å². The standard InChI is InChI=1S/C13H20ClN5O2/c1-7(11(20)18-13(2,3)4)16-12(21)8-5-9(14)17-10(6-8)19-15/h5-7H,15H2,1-4H3,(H,16,21)(H,17,19)(H,18,20). The Balaban J connectivity index is 2.77. The van der Waals surface area contributed by atoms with Crippen molar-refractivity contribution < 1.29 is 9.59 Å². The maximum absolute atomic E-state index is 12.1. The van der Waals surface area contributed by atoms with Crippen molar-refractivity contribution in [2.45, 2.75) is 39.3 Å². The van der Waals surface area contributed by atoms with Crippen LogP contribution < -0.4 is 21.9 Å². The third-order valence-corrected chi connectivity index (χ3v) is 2.64. The Morgan fingerprint density at radius 3 is 2.48 bits per heavy atom. The lowest BCUT2D eigenvalue weighted by molar-refractivity contribution is -0.124. The number of carbonyl (C=O) groups is 2. The SMILES string of the molecule is CC(NC(=O)c1cc(Cl)nc(NN)c1)C(=O)NC(C)(C)C. The fraction of sp³-hybridized carbons (Fsp3) is 0.462. The first-order chi connectivity index (χ1) is 9.62. The van der Waals surface area contributed by atoms with Crippen molar-refractivity contribution in [2.24, 2.45) is 5.84 Å². The molecule has 0 fully saturated rings. The lowest BCUT2D eigenvalue weighted by Gasteiger charge is -2.23. The van der Waals surface area contributed by atoms with Crippen LogP contribution in [0.4, 0.5) is 5.82 Å². The highest BCUT2D eigenvalue weighted by Gasteiger charge is 2.21. The second-order valence-electron chi connectivity index (χ2n) is 5.64. The molecule has 1 heterocycles. The normalized spacial score (nSPS) is 12.5. The number of pyridine rings is 1. The average molecular weight is 314 g/mol. The lowest BCUT2D eigenvalue weighted by Crippen LogP contribution is -2.50. The first-order valence-electron chi connectivity index (χ1n) is 6.39. The summed E-state index contributed by atoms with van der Waals surface area (Å²) in [5, 5.41) is 5.50. The average Bonchev–Trinajstić information content (AvgIpc) is 2.35. The number of halogens is 1. The molecular formula is C13H20ClN5O2. The lowest BCUT2D eigenvalue weighted by atomic mass is 10.1. The molecular weight excluding hydrogens is 294 g/mol. The van der Waals surface area contributed by atoms with E-state index in [0.717, 1.165) is 0 Å². The van der Waals surface area contributed by atoms with Crippen LogP contribution in [0.15, 0.2) is 12.1 Å². The minimum atomic E-state index is -0.682. The van der Waals surface area contributed by atoms with Crippen molar-refractivity contribution in [3.8, 4) is 0 Å². The van der Waals surface area contributed by atoms with Crippen molar-refractivity contribution in [1.29, 1.82) is 0 Å². The fourth-order valence-electron chi connectivity index (χ4n) is 1.53. The van der Waals surface area contributed by atoms with Gasteiger partial charge in [0.15, 0.2) is 0 Å². The van der Waals surface area contributed by atoms with Crippen LogP contribution in [0.25, 0.3) is 0 Å². The molecule has 0 aromatic carbocycles. The third kappa shape index (κ3) is 5.57. The molecule has 1 atom stereocenters. The number of nitrogen functional groups attached to an aromatic ring is 1. The number of nitrogens with one attached hydrogen (secondary N) is 3. The summed E-state index contributed by atoms with van der Waals surface area (Å²) in [4.78, 5) is 27.9. The second kappa shape index (κ2) is 6.73. The van der Waals surface area contributed by atoms with Crippen LogP contribution in [0.1, 0.15) is 38.1 Å². The number of nitrogens with zero attached hydrogens (tertiary/aromatic N) is 1. The Labute approximate surface area is 128 Å². The van der Waals surface area contributed by atoms with Gasteiger partial charge in [0, 0.05) is 11.1 Å². The molecule has 1 rings (SSSR count). The highest BCUT2D eigenvalue weighted by atomic mass is 35.5. The summed E-state index contributed by atoms with van der Waals surface area (Å²) in [6, 6.07) is 2.15. The molecule has 0 saturated heterocycles. The van der Waals surface area contributed by atoms with Crippen molar-refractivity contribution in [2.75, 3.05) is 5.43 Å². The monoisotopic (exact) mass is 313 g/mol. The second-order valence-corrected chi connectivity index (χ2v) is 6.03. The molecule has 1 unspecified atom stereocenters. The summed E-state index contributed by atoms with van der Waals surface area (Å²) in [6.07, 6.45) is 0. The largest absolute Gasteiger partial charge is 0.350 e. The predicted octanol–water partition coefficient (Wildman–Crippen LogP) is 1.05. The fourth-order valence-corrected chi connectivity index (χ4v) is 1.73. The van der Waals surface area contributed by atoms with Gasteiger partial charge in [0.05, 0.1) is 0 Å². The van der Waals surface area contributed by atoms with E-state index in [1.165, 1.54) is 12.1 Å². The van der Waals surface area contributed by atoms with Crippen LogP contribution in [0.3, 0.4) is 0 Å². The molecule has 1 aromatic rings. The van der Waals surface area contributed by atoms with E-state index in [9.17, 15) is 9.59 Å². The molecule has 0 bridgehead atoms. The molecule has 2 amide bonds. The van der Waals surface area contributed by atoms with Gasteiger partial charge >= 0.3 is 0 Å². The Kier molecular flexibility index (Phi) is 5.51. The quantitative estimate of drug-likeness (QED) is 0.377. The number of hydrazine groups is 1. The third-order valence-electron chi connectivity index (χ3n) is 2.44. The van der Waals surface area contributed by atoms with Crippen molar-refractivity contribution >= 4 is 29.2 Å². The zero-order valence-electron chi connectivity index (χ0n) is 12.5. The maximum Gasteiger partial charge on any atom is 0.252 e. The highest BCUT2D eigenvalue weighted by Crippen LogP contribution is 2.13. The molecule has 0 saturated carbocycles. The number of nitrogens with two attached hydrogens (primary N) is 1. The van der Waals surface area contributed by atoms with Crippen molar-refractivity contribution in [3.05, 3.63) is 22.8 Å². The highest BCUT2D eigenvalue weighted by molar-refractivity contribution is 6.29. The van der Waals surface area contributed by atoms with E-state index in [-0.39, 0.29) is 28.0 Å². The van der Waals surface area contributed by atoms with E-state index in [1.54, 1.807) is 6.92 Å². The van der Waals surface area contributed by atoms with Crippen molar-refractivity contribution in [1.82, 2.24) is 15.6 Å². The molecule has 0 aliphatic heterocycles. The number of amides is 2. The molecule has 8 heteroatoms. The van der Waals surface area contributed by atoms with Crippen LogP contribution >= 0.6 is 11.6 Å². The zero-order chi connectivity index (χ0) is 16.2. The molecule has 116 valence electrons. The smallest absolute Gasteiger partial charge is 0.252 e. The molecule has 21 heavy (non-hydrogen) atoms. The van der Waals surface area contributed by atoms with Crippen LogP contribution in [0.5, 0.6) is 0 Å². The van der Waals surface area contributed by atoms with Crippen LogP contribution in [0.2, 0.25) is 5.15 Å². The number of hydrogen-bond acceptors (Lipinski definition) is 5. The van der Waals surface area contributed by atoms with E-state index in [2.05, 4.69) is 21.0 Å². The summed E-state index contributed by atoms with van der Waals surface area (Å²) in [7, 11) is 0. The molecule has 0 aliphatic rings. The summed E-state index contributed by atoms with van der Waals surface area (Å²) in [5.41, 5.74) is 2.21. The Morgan fingerprint density at radius 1 is 1.33 bits per heavy atom. The molecule has 5 N–H and O–H groups in total. The number of aromatic nitrogens is 1. The van der Waals surface area contributed by atoms with Crippen LogP contribution in [-0.4, -0.2) is 28.4 Å². The predicted molar refractivity (Wildman–Crippen MR) is 81.9 cm³/mol. The number of hydrogen-bond donors (Lipinski definition) is 4. The molecule has 0 radical (unpaired) electrons. The van der Waals surface area contributed by atoms with Crippen molar-refractivity contribution in [3.63, 3.8) is 0 Å². The van der Waals surface area contributed by atoms with E-state index < -0.39 is 11.9 Å². The van der Waals surface area contributed by atoms with E-state index in [1.807, 2.05) is 20.8 Å². The molecule has 0 aliphatic carbocycles.